The van der Waals surface area contributed by atoms with Gasteiger partial charge in [0.25, 0.3) is 0 Å². The van der Waals surface area contributed by atoms with Crippen LogP contribution in [0.4, 0.5) is 0 Å². The predicted molar refractivity (Wildman–Crippen MR) is 107 cm³/mol. The molecule has 150 valence electrons. The first kappa shape index (κ1) is 20.3. The third-order valence-electron chi connectivity index (χ3n) is 5.85. The van der Waals surface area contributed by atoms with Crippen LogP contribution in [0.15, 0.2) is 30.3 Å². The lowest BCUT2D eigenvalue weighted by atomic mass is 10.00. The van der Waals surface area contributed by atoms with Crippen LogP contribution in [0.2, 0.25) is 0 Å². The second-order valence-corrected chi connectivity index (χ2v) is 8.05. The number of benzene rings is 1. The molecule has 6 nitrogen and oxygen atoms in total. The van der Waals surface area contributed by atoms with E-state index in [-0.39, 0.29) is 17.9 Å². The normalized spacial score (nSPS) is 19.7. The Morgan fingerprint density at radius 2 is 1.79 bits per heavy atom. The highest BCUT2D eigenvalue weighted by molar-refractivity contribution is 5.79. The smallest absolute Gasteiger partial charge is 0.235 e. The number of carbonyl (C=O) groups is 2. The third kappa shape index (κ3) is 5.80. The van der Waals surface area contributed by atoms with Crippen molar-refractivity contribution in [1.29, 1.82) is 5.26 Å². The van der Waals surface area contributed by atoms with Gasteiger partial charge in [0.2, 0.25) is 11.8 Å². The quantitative estimate of drug-likeness (QED) is 0.757. The molecule has 0 spiro atoms. The van der Waals surface area contributed by atoms with Crippen LogP contribution in [0.25, 0.3) is 0 Å². The monoisotopic (exact) mass is 382 g/mol. The molecule has 0 unspecified atom stereocenters. The van der Waals surface area contributed by atoms with E-state index in [4.69, 9.17) is 0 Å². The van der Waals surface area contributed by atoms with Crippen LogP contribution in [0.1, 0.15) is 50.5 Å². The molecule has 1 aromatic rings. The molecule has 1 saturated carbocycles. The van der Waals surface area contributed by atoms with Crippen LogP contribution in [0.3, 0.4) is 0 Å². The lowest BCUT2D eigenvalue weighted by Crippen LogP contribution is -2.51. The average Bonchev–Trinajstić information content (AvgIpc) is 3.17. The largest absolute Gasteiger partial charge is 0.353 e. The van der Waals surface area contributed by atoms with Crippen LogP contribution in [0, 0.1) is 11.3 Å². The molecule has 6 heteroatoms. The number of hydrogen-bond acceptors (Lipinski definition) is 4. The zero-order valence-electron chi connectivity index (χ0n) is 16.5. The maximum Gasteiger partial charge on any atom is 0.235 e. The number of amides is 2. The minimum absolute atomic E-state index is 0.0613. The average molecular weight is 383 g/mol. The van der Waals surface area contributed by atoms with Gasteiger partial charge in [-0.15, -0.1) is 0 Å². The van der Waals surface area contributed by atoms with E-state index in [1.54, 1.807) is 0 Å². The molecule has 0 aromatic heterocycles. The highest BCUT2D eigenvalue weighted by atomic mass is 16.2. The SMILES string of the molecule is N#CC1(NC(=O)CN2CCC(NC(=O)CCc3ccccc3)CC2)CCCC1. The molecule has 1 aliphatic heterocycles. The van der Waals surface area contributed by atoms with Gasteiger partial charge in [0.15, 0.2) is 0 Å². The van der Waals surface area contributed by atoms with Crippen LogP contribution in [0.5, 0.6) is 0 Å². The second-order valence-electron chi connectivity index (χ2n) is 8.05. The van der Waals surface area contributed by atoms with Gasteiger partial charge >= 0.3 is 0 Å². The Labute approximate surface area is 167 Å². The van der Waals surface area contributed by atoms with E-state index >= 15 is 0 Å². The Bertz CT molecular complexity index is 699. The standard InChI is InChI=1S/C22H30N4O2/c23-17-22(12-4-5-13-22)25-21(28)16-26-14-10-19(11-15-26)24-20(27)9-8-18-6-2-1-3-7-18/h1-3,6-7,19H,4-5,8-16H2,(H,24,27)(H,25,28). The number of hydrogen-bond donors (Lipinski definition) is 2. The molecule has 2 N–H and O–H groups in total. The minimum Gasteiger partial charge on any atom is -0.353 e. The predicted octanol–water partition coefficient (Wildman–Crippen LogP) is 2.15. The molecule has 3 rings (SSSR count). The van der Waals surface area contributed by atoms with Gasteiger partial charge in [-0.2, -0.15) is 5.26 Å². The first-order valence-corrected chi connectivity index (χ1v) is 10.4. The highest BCUT2D eigenvalue weighted by Gasteiger charge is 2.35. The van der Waals surface area contributed by atoms with E-state index in [0.717, 1.165) is 58.0 Å². The van der Waals surface area contributed by atoms with Gasteiger partial charge in [0.1, 0.15) is 5.54 Å². The van der Waals surface area contributed by atoms with E-state index in [2.05, 4.69) is 21.6 Å². The molecule has 1 heterocycles. The zero-order valence-corrected chi connectivity index (χ0v) is 16.5. The molecular formula is C22H30N4O2. The maximum absolute atomic E-state index is 12.3. The molecule has 2 fully saturated rings. The zero-order chi connectivity index (χ0) is 19.8. The summed E-state index contributed by atoms with van der Waals surface area (Å²) in [7, 11) is 0. The second kappa shape index (κ2) is 9.70. The Morgan fingerprint density at radius 1 is 1.11 bits per heavy atom. The molecule has 0 atom stereocenters. The van der Waals surface area contributed by atoms with E-state index in [0.29, 0.717) is 13.0 Å². The summed E-state index contributed by atoms with van der Waals surface area (Å²) in [5.74, 6) is 0.0334. The number of aryl methyl sites for hydroxylation is 1. The first-order valence-electron chi connectivity index (χ1n) is 10.4. The Hall–Kier alpha value is -2.39. The lowest BCUT2D eigenvalue weighted by molar-refractivity contribution is -0.125. The van der Waals surface area contributed by atoms with Crippen molar-refractivity contribution in [3.63, 3.8) is 0 Å². The summed E-state index contributed by atoms with van der Waals surface area (Å²) in [5.41, 5.74) is 0.526. The van der Waals surface area contributed by atoms with Crippen molar-refractivity contribution in [2.75, 3.05) is 19.6 Å². The molecule has 28 heavy (non-hydrogen) atoms. The van der Waals surface area contributed by atoms with E-state index in [1.165, 1.54) is 5.56 Å². The first-order chi connectivity index (χ1) is 13.6. The highest BCUT2D eigenvalue weighted by Crippen LogP contribution is 2.28. The molecule has 1 aliphatic carbocycles. The van der Waals surface area contributed by atoms with Crippen molar-refractivity contribution < 1.29 is 9.59 Å². The number of piperidine rings is 1. The van der Waals surface area contributed by atoms with Crippen molar-refractivity contribution in [2.45, 2.75) is 62.9 Å². The molecule has 2 amide bonds. The summed E-state index contributed by atoms with van der Waals surface area (Å²) in [6.07, 6.45) is 6.49. The number of nitrogens with zero attached hydrogens (tertiary/aromatic N) is 2. The van der Waals surface area contributed by atoms with Gasteiger partial charge in [-0.25, -0.2) is 0 Å². The maximum atomic E-state index is 12.3. The number of carbonyl (C=O) groups excluding carboxylic acids is 2. The van der Waals surface area contributed by atoms with Crippen LogP contribution in [-0.4, -0.2) is 47.9 Å². The molecule has 1 saturated heterocycles. The third-order valence-corrected chi connectivity index (χ3v) is 5.85. The molecule has 2 aliphatic rings. The van der Waals surface area contributed by atoms with Crippen LogP contribution in [-0.2, 0) is 16.0 Å². The summed E-state index contributed by atoms with van der Waals surface area (Å²) >= 11 is 0. The minimum atomic E-state index is -0.651. The van der Waals surface area contributed by atoms with Crippen molar-refractivity contribution in [1.82, 2.24) is 15.5 Å². The van der Waals surface area contributed by atoms with Crippen LogP contribution < -0.4 is 10.6 Å². The Kier molecular flexibility index (Phi) is 7.05. The molecular weight excluding hydrogens is 352 g/mol. The summed E-state index contributed by atoms with van der Waals surface area (Å²) in [6, 6.07) is 12.5. The molecule has 0 radical (unpaired) electrons. The summed E-state index contributed by atoms with van der Waals surface area (Å²) in [6.45, 7) is 1.91. The molecule has 1 aromatic carbocycles. The van der Waals surface area contributed by atoms with Gasteiger partial charge in [-0.3, -0.25) is 14.5 Å². The number of nitriles is 1. The topological polar surface area (TPSA) is 85.2 Å². The number of rotatable bonds is 7. The Balaban J connectivity index is 1.34. The lowest BCUT2D eigenvalue weighted by Gasteiger charge is -2.32. The summed E-state index contributed by atoms with van der Waals surface area (Å²) < 4.78 is 0. The van der Waals surface area contributed by atoms with Gasteiger partial charge < -0.3 is 10.6 Å². The van der Waals surface area contributed by atoms with Gasteiger partial charge in [0, 0.05) is 25.6 Å². The van der Waals surface area contributed by atoms with E-state index in [1.807, 2.05) is 30.3 Å². The summed E-state index contributed by atoms with van der Waals surface area (Å²) in [4.78, 5) is 26.6. The van der Waals surface area contributed by atoms with E-state index in [9.17, 15) is 14.9 Å². The van der Waals surface area contributed by atoms with Crippen molar-refractivity contribution in [2.24, 2.45) is 0 Å². The van der Waals surface area contributed by atoms with Crippen LogP contribution >= 0.6 is 0 Å². The van der Waals surface area contributed by atoms with E-state index < -0.39 is 5.54 Å². The molecule has 0 bridgehead atoms. The fraction of sp³-hybridized carbons (Fsp3) is 0.591. The fourth-order valence-electron chi connectivity index (χ4n) is 4.19. The van der Waals surface area contributed by atoms with Gasteiger partial charge in [-0.05, 0) is 50.5 Å². The Morgan fingerprint density at radius 3 is 2.43 bits per heavy atom. The number of nitrogens with one attached hydrogen (secondary N) is 2. The van der Waals surface area contributed by atoms with Crippen molar-refractivity contribution in [3.8, 4) is 6.07 Å². The number of likely N-dealkylation sites (tertiary alicyclic amines) is 1. The van der Waals surface area contributed by atoms with Gasteiger partial charge in [-0.1, -0.05) is 30.3 Å². The van der Waals surface area contributed by atoms with Gasteiger partial charge in [0.05, 0.1) is 12.6 Å². The van der Waals surface area contributed by atoms with Crippen molar-refractivity contribution in [3.05, 3.63) is 35.9 Å². The van der Waals surface area contributed by atoms with Crippen molar-refractivity contribution >= 4 is 11.8 Å². The fourth-order valence-corrected chi connectivity index (χ4v) is 4.19. The summed E-state index contributed by atoms with van der Waals surface area (Å²) in [5, 5.41) is 15.5.